The van der Waals surface area contributed by atoms with Crippen molar-refractivity contribution in [1.29, 1.82) is 0 Å². The first-order valence-corrected chi connectivity index (χ1v) is 7.65. The number of halogens is 1. The molecule has 22 heavy (non-hydrogen) atoms. The molecule has 0 aromatic heterocycles. The highest BCUT2D eigenvalue weighted by Gasteiger charge is 2.07. The van der Waals surface area contributed by atoms with Crippen LogP contribution in [0.4, 0.5) is 0 Å². The first-order valence-electron chi connectivity index (χ1n) is 6.86. The summed E-state index contributed by atoms with van der Waals surface area (Å²) in [6.45, 7) is 0. The molecule has 0 aliphatic carbocycles. The van der Waals surface area contributed by atoms with Crippen LogP contribution in [0.2, 0.25) is 0 Å². The molecule has 3 aromatic rings. The molecular formula is C19H13BrO2. The Morgan fingerprint density at radius 3 is 2.32 bits per heavy atom. The standard InChI is InChI=1S/C19H13BrO2/c20-17-11-12-18(16-9-5-4-8-15(16)17)22-19(21)13-10-14-6-2-1-3-7-14/h1-13H/b13-10+. The zero-order valence-corrected chi connectivity index (χ0v) is 13.3. The summed E-state index contributed by atoms with van der Waals surface area (Å²) < 4.78 is 6.43. The zero-order chi connectivity index (χ0) is 15.4. The van der Waals surface area contributed by atoms with Gasteiger partial charge in [0, 0.05) is 15.9 Å². The summed E-state index contributed by atoms with van der Waals surface area (Å²) in [6.07, 6.45) is 3.18. The van der Waals surface area contributed by atoms with Gasteiger partial charge in [0.1, 0.15) is 5.75 Å². The summed E-state index contributed by atoms with van der Waals surface area (Å²) in [4.78, 5) is 12.0. The lowest BCUT2D eigenvalue weighted by atomic mass is 10.1. The molecule has 0 N–H and O–H groups in total. The largest absolute Gasteiger partial charge is 0.423 e. The predicted octanol–water partition coefficient (Wildman–Crippen LogP) is 5.22. The third-order valence-electron chi connectivity index (χ3n) is 3.25. The third kappa shape index (κ3) is 3.26. The fraction of sp³-hybridized carbons (Fsp3) is 0. The van der Waals surface area contributed by atoms with Crippen LogP contribution in [-0.2, 0) is 4.79 Å². The van der Waals surface area contributed by atoms with Crippen molar-refractivity contribution in [3.8, 4) is 5.75 Å². The van der Waals surface area contributed by atoms with Gasteiger partial charge in [-0.05, 0) is 29.2 Å². The van der Waals surface area contributed by atoms with E-state index in [-0.39, 0.29) is 0 Å². The first-order chi connectivity index (χ1) is 10.7. The molecule has 0 heterocycles. The van der Waals surface area contributed by atoms with Crippen LogP contribution >= 0.6 is 15.9 Å². The van der Waals surface area contributed by atoms with Gasteiger partial charge in [-0.25, -0.2) is 4.79 Å². The molecule has 0 spiro atoms. The van der Waals surface area contributed by atoms with Gasteiger partial charge in [-0.3, -0.25) is 0 Å². The number of fused-ring (bicyclic) bond motifs is 1. The maximum atomic E-state index is 12.0. The minimum atomic E-state index is -0.392. The summed E-state index contributed by atoms with van der Waals surface area (Å²) in [7, 11) is 0. The Kier molecular flexibility index (Phi) is 4.35. The van der Waals surface area contributed by atoms with E-state index in [9.17, 15) is 4.79 Å². The van der Waals surface area contributed by atoms with Crippen molar-refractivity contribution in [2.45, 2.75) is 0 Å². The minimum absolute atomic E-state index is 0.392. The SMILES string of the molecule is O=C(/C=C/c1ccccc1)Oc1ccc(Br)c2ccccc12. The van der Waals surface area contributed by atoms with Gasteiger partial charge in [0.05, 0.1) is 0 Å². The summed E-state index contributed by atoms with van der Waals surface area (Å²) >= 11 is 3.50. The van der Waals surface area contributed by atoms with Crippen molar-refractivity contribution >= 4 is 38.7 Å². The number of carbonyl (C=O) groups excluding carboxylic acids is 1. The van der Waals surface area contributed by atoms with Crippen molar-refractivity contribution in [2.24, 2.45) is 0 Å². The second kappa shape index (κ2) is 6.58. The lowest BCUT2D eigenvalue weighted by Crippen LogP contribution is -2.04. The van der Waals surface area contributed by atoms with Gasteiger partial charge >= 0.3 is 5.97 Å². The molecule has 108 valence electrons. The summed E-state index contributed by atoms with van der Waals surface area (Å²) in [5.41, 5.74) is 0.958. The molecule has 0 fully saturated rings. The molecule has 0 radical (unpaired) electrons. The smallest absolute Gasteiger partial charge is 0.336 e. The van der Waals surface area contributed by atoms with Crippen molar-refractivity contribution in [3.05, 3.63) is 82.8 Å². The molecule has 0 aliphatic heterocycles. The second-order valence-corrected chi connectivity index (χ2v) is 5.61. The Balaban J connectivity index is 1.83. The fourth-order valence-corrected chi connectivity index (χ4v) is 2.67. The summed E-state index contributed by atoms with van der Waals surface area (Å²) in [5, 5.41) is 1.91. The zero-order valence-electron chi connectivity index (χ0n) is 11.7. The Morgan fingerprint density at radius 1 is 0.864 bits per heavy atom. The van der Waals surface area contributed by atoms with E-state index < -0.39 is 5.97 Å². The van der Waals surface area contributed by atoms with Crippen LogP contribution in [0.1, 0.15) is 5.56 Å². The topological polar surface area (TPSA) is 26.3 Å². The van der Waals surface area contributed by atoms with Crippen LogP contribution in [-0.4, -0.2) is 5.97 Å². The van der Waals surface area contributed by atoms with E-state index in [2.05, 4.69) is 15.9 Å². The third-order valence-corrected chi connectivity index (χ3v) is 3.94. The second-order valence-electron chi connectivity index (χ2n) is 4.76. The van der Waals surface area contributed by atoms with E-state index in [1.165, 1.54) is 6.08 Å². The predicted molar refractivity (Wildman–Crippen MR) is 92.8 cm³/mol. The quantitative estimate of drug-likeness (QED) is 0.367. The van der Waals surface area contributed by atoms with Gasteiger partial charge in [-0.15, -0.1) is 0 Å². The molecule has 0 atom stereocenters. The lowest BCUT2D eigenvalue weighted by molar-refractivity contribution is -0.128. The Labute approximate surface area is 137 Å². The van der Waals surface area contributed by atoms with Crippen molar-refractivity contribution in [3.63, 3.8) is 0 Å². The Bertz CT molecular complexity index is 838. The molecule has 0 saturated heterocycles. The number of benzene rings is 3. The number of carbonyl (C=O) groups is 1. The van der Waals surface area contributed by atoms with E-state index in [4.69, 9.17) is 4.74 Å². The number of esters is 1. The Morgan fingerprint density at radius 2 is 1.55 bits per heavy atom. The number of hydrogen-bond donors (Lipinski definition) is 0. The monoisotopic (exact) mass is 352 g/mol. The van der Waals surface area contributed by atoms with E-state index in [1.807, 2.05) is 60.7 Å². The highest BCUT2D eigenvalue weighted by molar-refractivity contribution is 9.10. The molecule has 3 aromatic carbocycles. The van der Waals surface area contributed by atoms with Crippen LogP contribution in [0.25, 0.3) is 16.8 Å². The molecular weight excluding hydrogens is 340 g/mol. The molecule has 2 nitrogen and oxygen atoms in total. The highest BCUT2D eigenvalue weighted by Crippen LogP contribution is 2.31. The van der Waals surface area contributed by atoms with Crippen molar-refractivity contribution < 1.29 is 9.53 Å². The molecule has 0 saturated carbocycles. The van der Waals surface area contributed by atoms with Crippen molar-refractivity contribution in [2.75, 3.05) is 0 Å². The first kappa shape index (κ1) is 14.5. The van der Waals surface area contributed by atoms with Gasteiger partial charge < -0.3 is 4.74 Å². The van der Waals surface area contributed by atoms with Gasteiger partial charge in [0.2, 0.25) is 0 Å². The molecule has 0 unspecified atom stereocenters. The van der Waals surface area contributed by atoms with Crippen LogP contribution in [0.15, 0.2) is 77.3 Å². The fourth-order valence-electron chi connectivity index (χ4n) is 2.19. The number of hydrogen-bond acceptors (Lipinski definition) is 2. The maximum absolute atomic E-state index is 12.0. The van der Waals surface area contributed by atoms with Crippen LogP contribution < -0.4 is 4.74 Å². The van der Waals surface area contributed by atoms with Crippen LogP contribution in [0, 0.1) is 0 Å². The lowest BCUT2D eigenvalue weighted by Gasteiger charge is -2.07. The van der Waals surface area contributed by atoms with Crippen molar-refractivity contribution in [1.82, 2.24) is 0 Å². The molecule has 0 aliphatic rings. The highest BCUT2D eigenvalue weighted by atomic mass is 79.9. The number of rotatable bonds is 3. The minimum Gasteiger partial charge on any atom is -0.423 e. The normalized spacial score (nSPS) is 11.0. The van der Waals surface area contributed by atoms with Gasteiger partial charge in [0.25, 0.3) is 0 Å². The summed E-state index contributed by atoms with van der Waals surface area (Å²) in [6, 6.07) is 21.1. The molecule has 3 rings (SSSR count). The molecule has 0 amide bonds. The van der Waals surface area contributed by atoms with E-state index in [1.54, 1.807) is 12.1 Å². The summed E-state index contributed by atoms with van der Waals surface area (Å²) in [5.74, 6) is 0.165. The average Bonchev–Trinajstić information content (AvgIpc) is 2.57. The van der Waals surface area contributed by atoms with E-state index in [0.29, 0.717) is 5.75 Å². The maximum Gasteiger partial charge on any atom is 0.336 e. The average molecular weight is 353 g/mol. The van der Waals surface area contributed by atoms with E-state index >= 15 is 0 Å². The number of ether oxygens (including phenoxy) is 1. The van der Waals surface area contributed by atoms with E-state index in [0.717, 1.165) is 20.8 Å². The van der Waals surface area contributed by atoms with Gasteiger partial charge in [-0.2, -0.15) is 0 Å². The molecule has 3 heteroatoms. The van der Waals surface area contributed by atoms with Gasteiger partial charge in [-0.1, -0.05) is 70.5 Å². The molecule has 0 bridgehead atoms. The van der Waals surface area contributed by atoms with Gasteiger partial charge in [0.15, 0.2) is 0 Å². The van der Waals surface area contributed by atoms with Crippen LogP contribution in [0.3, 0.4) is 0 Å². The van der Waals surface area contributed by atoms with Crippen LogP contribution in [0.5, 0.6) is 5.75 Å². The Hall–Kier alpha value is -2.39.